The number of aryl methyl sites for hydroxylation is 1. The maximum atomic E-state index is 12.4. The molecule has 1 saturated heterocycles. The maximum absolute atomic E-state index is 12.4. The fourth-order valence-corrected chi connectivity index (χ4v) is 3.78. The molecule has 1 amide bonds. The number of amides is 1. The maximum Gasteiger partial charge on any atom is 0.237 e. The van der Waals surface area contributed by atoms with Crippen molar-refractivity contribution in [1.29, 1.82) is 0 Å². The van der Waals surface area contributed by atoms with Crippen molar-refractivity contribution in [3.05, 3.63) is 29.8 Å². The zero-order valence-electron chi connectivity index (χ0n) is 14.2. The van der Waals surface area contributed by atoms with Gasteiger partial charge in [-0.25, -0.2) is 0 Å². The summed E-state index contributed by atoms with van der Waals surface area (Å²) in [6.45, 7) is 4.59. The zero-order chi connectivity index (χ0) is 16.2. The molecule has 0 aromatic heterocycles. The summed E-state index contributed by atoms with van der Waals surface area (Å²) >= 11 is 0. The van der Waals surface area contributed by atoms with Gasteiger partial charge in [0.25, 0.3) is 0 Å². The Labute approximate surface area is 139 Å². The summed E-state index contributed by atoms with van der Waals surface area (Å²) in [4.78, 5) is 12.4. The molecule has 1 aromatic rings. The molecule has 0 radical (unpaired) electrons. The standard InChI is InChI=1S/C19H28N2O2/c1-13-7-9-16(10-8-13)23-14(2)12-20-19(22)18-11-15-5-3-4-6-17(15)21-18/h7-10,14-15,17-18,21H,3-6,11-12H2,1-2H3,(H,20,22). The lowest BCUT2D eigenvalue weighted by Crippen LogP contribution is -2.45. The van der Waals surface area contributed by atoms with Crippen LogP contribution in [-0.4, -0.2) is 30.6 Å². The fourth-order valence-electron chi connectivity index (χ4n) is 3.78. The predicted molar refractivity (Wildman–Crippen MR) is 91.6 cm³/mol. The Hall–Kier alpha value is -1.55. The van der Waals surface area contributed by atoms with Gasteiger partial charge < -0.3 is 15.4 Å². The van der Waals surface area contributed by atoms with Crippen LogP contribution in [0, 0.1) is 12.8 Å². The highest BCUT2D eigenvalue weighted by Gasteiger charge is 2.38. The lowest BCUT2D eigenvalue weighted by atomic mass is 9.85. The molecule has 1 heterocycles. The molecule has 0 bridgehead atoms. The summed E-state index contributed by atoms with van der Waals surface area (Å²) in [5.74, 6) is 1.67. The van der Waals surface area contributed by atoms with Gasteiger partial charge in [-0.15, -0.1) is 0 Å². The van der Waals surface area contributed by atoms with E-state index in [-0.39, 0.29) is 18.1 Å². The summed E-state index contributed by atoms with van der Waals surface area (Å²) < 4.78 is 5.84. The van der Waals surface area contributed by atoms with E-state index in [0.29, 0.717) is 18.5 Å². The van der Waals surface area contributed by atoms with Crippen LogP contribution in [0.25, 0.3) is 0 Å². The zero-order valence-corrected chi connectivity index (χ0v) is 14.2. The van der Waals surface area contributed by atoms with Crippen LogP contribution < -0.4 is 15.4 Å². The first-order valence-corrected chi connectivity index (χ1v) is 8.89. The fraction of sp³-hybridized carbons (Fsp3) is 0.632. The number of nitrogens with one attached hydrogen (secondary N) is 2. The van der Waals surface area contributed by atoms with E-state index in [1.54, 1.807) is 0 Å². The Morgan fingerprint density at radius 1 is 1.30 bits per heavy atom. The minimum atomic E-state index is -0.0367. The predicted octanol–water partition coefficient (Wildman–Crippen LogP) is 2.80. The summed E-state index contributed by atoms with van der Waals surface area (Å²) in [6, 6.07) is 8.54. The first-order valence-electron chi connectivity index (χ1n) is 8.89. The van der Waals surface area contributed by atoms with Crippen LogP contribution in [0.5, 0.6) is 5.75 Å². The highest BCUT2D eigenvalue weighted by atomic mass is 16.5. The number of carbonyl (C=O) groups is 1. The van der Waals surface area contributed by atoms with Crippen molar-refractivity contribution in [3.8, 4) is 5.75 Å². The Morgan fingerprint density at radius 2 is 2.04 bits per heavy atom. The van der Waals surface area contributed by atoms with Gasteiger partial charge in [0.1, 0.15) is 11.9 Å². The molecule has 4 heteroatoms. The third-order valence-corrected chi connectivity index (χ3v) is 5.10. The summed E-state index contributed by atoms with van der Waals surface area (Å²) in [6.07, 6.45) is 6.06. The normalized spacial score (nSPS) is 28.0. The van der Waals surface area contributed by atoms with E-state index < -0.39 is 0 Å². The molecule has 2 aliphatic rings. The molecule has 4 unspecified atom stereocenters. The molecule has 23 heavy (non-hydrogen) atoms. The van der Waals surface area contributed by atoms with E-state index in [0.717, 1.165) is 12.2 Å². The molecule has 3 rings (SSSR count). The smallest absolute Gasteiger partial charge is 0.237 e. The second-order valence-electron chi connectivity index (χ2n) is 7.09. The number of carbonyl (C=O) groups excluding carboxylic acids is 1. The number of hydrogen-bond donors (Lipinski definition) is 2. The van der Waals surface area contributed by atoms with Crippen molar-refractivity contribution in [1.82, 2.24) is 10.6 Å². The average molecular weight is 316 g/mol. The number of hydrogen-bond acceptors (Lipinski definition) is 3. The van der Waals surface area contributed by atoms with E-state index in [2.05, 4.69) is 17.6 Å². The summed E-state index contributed by atoms with van der Waals surface area (Å²) in [7, 11) is 0. The quantitative estimate of drug-likeness (QED) is 0.878. The van der Waals surface area contributed by atoms with Gasteiger partial charge in [-0.05, 0) is 51.2 Å². The molecule has 126 valence electrons. The van der Waals surface area contributed by atoms with Crippen molar-refractivity contribution in [2.24, 2.45) is 5.92 Å². The van der Waals surface area contributed by atoms with E-state index in [1.807, 2.05) is 31.2 Å². The minimum absolute atomic E-state index is 0.0188. The molecule has 4 nitrogen and oxygen atoms in total. The Balaban J connectivity index is 1.42. The van der Waals surface area contributed by atoms with Crippen molar-refractivity contribution in [2.75, 3.05) is 6.54 Å². The Bertz CT molecular complexity index is 515. The van der Waals surface area contributed by atoms with Crippen molar-refractivity contribution < 1.29 is 9.53 Å². The molecule has 1 saturated carbocycles. The molecule has 1 aromatic carbocycles. The van der Waals surface area contributed by atoms with Gasteiger partial charge in [0.05, 0.1) is 12.6 Å². The van der Waals surface area contributed by atoms with Crippen LogP contribution in [0.4, 0.5) is 0 Å². The highest BCUT2D eigenvalue weighted by molar-refractivity contribution is 5.82. The topological polar surface area (TPSA) is 50.4 Å². The van der Waals surface area contributed by atoms with Crippen LogP contribution in [0.2, 0.25) is 0 Å². The third-order valence-electron chi connectivity index (χ3n) is 5.10. The second kappa shape index (κ2) is 7.35. The Kier molecular flexibility index (Phi) is 5.21. The van der Waals surface area contributed by atoms with Crippen LogP contribution in [0.3, 0.4) is 0 Å². The van der Waals surface area contributed by atoms with Crippen LogP contribution >= 0.6 is 0 Å². The molecular weight excluding hydrogens is 288 g/mol. The number of benzene rings is 1. The van der Waals surface area contributed by atoms with Crippen LogP contribution in [-0.2, 0) is 4.79 Å². The van der Waals surface area contributed by atoms with E-state index in [1.165, 1.54) is 31.2 Å². The van der Waals surface area contributed by atoms with E-state index in [4.69, 9.17) is 4.74 Å². The van der Waals surface area contributed by atoms with E-state index >= 15 is 0 Å². The molecule has 1 aliphatic carbocycles. The first kappa shape index (κ1) is 16.3. The first-order chi connectivity index (χ1) is 11.1. The van der Waals surface area contributed by atoms with Crippen molar-refractivity contribution in [3.63, 3.8) is 0 Å². The van der Waals surface area contributed by atoms with Gasteiger partial charge >= 0.3 is 0 Å². The molecule has 2 N–H and O–H groups in total. The van der Waals surface area contributed by atoms with Crippen molar-refractivity contribution in [2.45, 2.75) is 64.1 Å². The lowest BCUT2D eigenvalue weighted by Gasteiger charge is -2.24. The van der Waals surface area contributed by atoms with Gasteiger partial charge in [0, 0.05) is 6.04 Å². The molecule has 2 fully saturated rings. The van der Waals surface area contributed by atoms with Crippen LogP contribution in [0.15, 0.2) is 24.3 Å². The van der Waals surface area contributed by atoms with Gasteiger partial charge in [-0.2, -0.15) is 0 Å². The van der Waals surface area contributed by atoms with Gasteiger partial charge in [0.15, 0.2) is 0 Å². The largest absolute Gasteiger partial charge is 0.489 e. The lowest BCUT2D eigenvalue weighted by molar-refractivity contribution is -0.123. The molecular formula is C19H28N2O2. The molecule has 1 aliphatic heterocycles. The van der Waals surface area contributed by atoms with Gasteiger partial charge in [0.2, 0.25) is 5.91 Å². The monoisotopic (exact) mass is 316 g/mol. The SMILES string of the molecule is Cc1ccc(OC(C)CNC(=O)C2CC3CCCCC3N2)cc1. The molecule has 0 spiro atoms. The Morgan fingerprint density at radius 3 is 2.78 bits per heavy atom. The summed E-state index contributed by atoms with van der Waals surface area (Å²) in [5, 5.41) is 6.56. The minimum Gasteiger partial charge on any atom is -0.489 e. The third kappa shape index (κ3) is 4.25. The second-order valence-corrected chi connectivity index (χ2v) is 7.09. The van der Waals surface area contributed by atoms with Gasteiger partial charge in [-0.3, -0.25) is 4.79 Å². The number of rotatable bonds is 5. The number of ether oxygens (including phenoxy) is 1. The number of fused-ring (bicyclic) bond motifs is 1. The summed E-state index contributed by atoms with van der Waals surface area (Å²) in [5.41, 5.74) is 1.21. The van der Waals surface area contributed by atoms with Gasteiger partial charge in [-0.1, -0.05) is 30.5 Å². The molecule has 4 atom stereocenters. The highest BCUT2D eigenvalue weighted by Crippen LogP contribution is 2.33. The van der Waals surface area contributed by atoms with E-state index in [9.17, 15) is 4.79 Å². The van der Waals surface area contributed by atoms with Crippen molar-refractivity contribution >= 4 is 5.91 Å². The van der Waals surface area contributed by atoms with Crippen LogP contribution in [0.1, 0.15) is 44.6 Å². The average Bonchev–Trinajstić information content (AvgIpc) is 2.99.